The molecule has 1 aliphatic carbocycles. The number of hydrogen-bond acceptors (Lipinski definition) is 1. The van der Waals surface area contributed by atoms with Crippen molar-refractivity contribution >= 4 is 0 Å². The average Bonchev–Trinajstić information content (AvgIpc) is 3.38. The number of fused-ring (bicyclic) bond motifs is 2. The molecule has 148 valence electrons. The topological polar surface area (TPSA) is 17.8 Å². The molecule has 0 amide bonds. The number of aromatic nitrogens is 2. The largest absolute Gasteiger partial charge is 0.306 e. The van der Waals surface area contributed by atoms with E-state index in [2.05, 4.69) is 102 Å². The zero-order valence-electron chi connectivity index (χ0n) is 17.1. The van der Waals surface area contributed by atoms with Crippen molar-refractivity contribution in [1.29, 1.82) is 0 Å². The first-order chi connectivity index (χ1) is 15.4. The van der Waals surface area contributed by atoms with Crippen LogP contribution in [0.15, 0.2) is 116 Å². The van der Waals surface area contributed by atoms with Gasteiger partial charge in [0.1, 0.15) is 0 Å². The molecule has 0 N–H and O–H groups in total. The van der Waals surface area contributed by atoms with Gasteiger partial charge in [0.05, 0.1) is 6.33 Å². The molecular formula is C29H22N2. The third-order valence-corrected chi connectivity index (χ3v) is 6.35. The van der Waals surface area contributed by atoms with E-state index >= 15 is 0 Å². The van der Waals surface area contributed by atoms with Crippen molar-refractivity contribution in [2.24, 2.45) is 0 Å². The van der Waals surface area contributed by atoms with Crippen LogP contribution in [0.25, 0.3) is 16.8 Å². The maximum atomic E-state index is 4.16. The highest BCUT2D eigenvalue weighted by molar-refractivity contribution is 5.74. The van der Waals surface area contributed by atoms with Crippen molar-refractivity contribution in [2.75, 3.05) is 0 Å². The van der Waals surface area contributed by atoms with Crippen molar-refractivity contribution < 1.29 is 0 Å². The molecule has 0 bridgehead atoms. The molecule has 1 unspecified atom stereocenters. The smallest absolute Gasteiger partial charge is 0.0991 e. The molecule has 0 spiro atoms. The molecule has 5 aromatic rings. The zero-order valence-corrected chi connectivity index (χ0v) is 17.1. The van der Waals surface area contributed by atoms with Gasteiger partial charge in [-0.15, -0.1) is 0 Å². The van der Waals surface area contributed by atoms with Gasteiger partial charge >= 0.3 is 0 Å². The lowest BCUT2D eigenvalue weighted by molar-refractivity contribution is 0.887. The summed E-state index contributed by atoms with van der Waals surface area (Å²) in [6.07, 6.45) is 6.60. The Morgan fingerprint density at radius 1 is 0.710 bits per heavy atom. The van der Waals surface area contributed by atoms with Crippen LogP contribution in [-0.4, -0.2) is 9.55 Å². The molecule has 0 radical (unpaired) electrons. The summed E-state index contributed by atoms with van der Waals surface area (Å²) in [5.74, 6) is 0.241. The Hall–Kier alpha value is -3.91. The minimum atomic E-state index is 0.241. The Balaban J connectivity index is 1.53. The van der Waals surface area contributed by atoms with Gasteiger partial charge in [0.2, 0.25) is 0 Å². The van der Waals surface area contributed by atoms with Gasteiger partial charge in [-0.25, -0.2) is 4.98 Å². The summed E-state index contributed by atoms with van der Waals surface area (Å²) in [5.41, 5.74) is 10.7. The predicted octanol–water partition coefficient (Wildman–Crippen LogP) is 6.62. The van der Waals surface area contributed by atoms with E-state index in [1.165, 1.54) is 38.9 Å². The highest BCUT2D eigenvalue weighted by Crippen LogP contribution is 2.45. The molecule has 0 fully saturated rings. The average molecular weight is 399 g/mol. The van der Waals surface area contributed by atoms with Crippen LogP contribution in [-0.2, 0) is 6.42 Å². The Kier molecular flexibility index (Phi) is 4.28. The zero-order chi connectivity index (χ0) is 20.6. The van der Waals surface area contributed by atoms with Crippen LogP contribution in [0.2, 0.25) is 0 Å². The molecular weight excluding hydrogens is 376 g/mol. The van der Waals surface area contributed by atoms with Gasteiger partial charge in [-0.05, 0) is 57.5 Å². The van der Waals surface area contributed by atoms with Crippen LogP contribution in [0, 0.1) is 0 Å². The van der Waals surface area contributed by atoms with Crippen molar-refractivity contribution in [3.63, 3.8) is 0 Å². The van der Waals surface area contributed by atoms with E-state index in [1.54, 1.807) is 0 Å². The number of benzene rings is 4. The third kappa shape index (κ3) is 3.08. The first-order valence-corrected chi connectivity index (χ1v) is 10.7. The Bertz CT molecular complexity index is 1330. The predicted molar refractivity (Wildman–Crippen MR) is 126 cm³/mol. The summed E-state index contributed by atoms with van der Waals surface area (Å²) < 4.78 is 2.03. The van der Waals surface area contributed by atoms with Gasteiger partial charge in [0.15, 0.2) is 0 Å². The highest BCUT2D eigenvalue weighted by atomic mass is 15.0. The van der Waals surface area contributed by atoms with E-state index in [0.29, 0.717) is 0 Å². The third-order valence-electron chi connectivity index (χ3n) is 6.35. The van der Waals surface area contributed by atoms with Gasteiger partial charge in [0, 0.05) is 24.0 Å². The van der Waals surface area contributed by atoms with Crippen molar-refractivity contribution in [3.8, 4) is 16.8 Å². The van der Waals surface area contributed by atoms with Crippen molar-refractivity contribution in [3.05, 3.63) is 144 Å². The minimum Gasteiger partial charge on any atom is -0.306 e. The molecule has 4 aromatic carbocycles. The first-order valence-electron chi connectivity index (χ1n) is 10.7. The quantitative estimate of drug-likeness (QED) is 0.327. The van der Waals surface area contributed by atoms with Crippen LogP contribution in [0.1, 0.15) is 33.7 Å². The second-order valence-corrected chi connectivity index (χ2v) is 8.11. The van der Waals surface area contributed by atoms with Gasteiger partial charge in [-0.3, -0.25) is 0 Å². The number of imidazole rings is 1. The van der Waals surface area contributed by atoms with Crippen molar-refractivity contribution in [1.82, 2.24) is 9.55 Å². The summed E-state index contributed by atoms with van der Waals surface area (Å²) in [6, 6.07) is 35.4. The van der Waals surface area contributed by atoms with Crippen LogP contribution in [0.4, 0.5) is 0 Å². The fourth-order valence-corrected chi connectivity index (χ4v) is 4.91. The van der Waals surface area contributed by atoms with E-state index in [1.807, 2.05) is 23.3 Å². The van der Waals surface area contributed by atoms with E-state index in [9.17, 15) is 0 Å². The Morgan fingerprint density at radius 3 is 2.29 bits per heavy atom. The monoisotopic (exact) mass is 398 g/mol. The molecule has 1 aromatic heterocycles. The van der Waals surface area contributed by atoms with Gasteiger partial charge in [0.25, 0.3) is 0 Å². The van der Waals surface area contributed by atoms with Crippen molar-refractivity contribution in [2.45, 2.75) is 12.3 Å². The SMILES string of the molecule is c1ccc(C2c3ccccc3Cc3cccc(-c4ccc(-n5ccnc5)cc4)c32)cc1. The lowest BCUT2D eigenvalue weighted by atomic mass is 9.72. The maximum Gasteiger partial charge on any atom is 0.0991 e. The summed E-state index contributed by atoms with van der Waals surface area (Å²) >= 11 is 0. The number of nitrogens with zero attached hydrogens (tertiary/aromatic N) is 2. The lowest BCUT2D eigenvalue weighted by Crippen LogP contribution is -2.16. The number of rotatable bonds is 3. The Morgan fingerprint density at radius 2 is 1.48 bits per heavy atom. The maximum absolute atomic E-state index is 4.16. The summed E-state index contributed by atoms with van der Waals surface area (Å²) in [7, 11) is 0. The molecule has 1 aliphatic rings. The molecule has 31 heavy (non-hydrogen) atoms. The van der Waals surface area contributed by atoms with E-state index in [-0.39, 0.29) is 5.92 Å². The normalized spacial score (nSPS) is 14.6. The Labute approximate surface area is 182 Å². The van der Waals surface area contributed by atoms with Crippen LogP contribution < -0.4 is 0 Å². The van der Waals surface area contributed by atoms with Crippen LogP contribution in [0.3, 0.4) is 0 Å². The fourth-order valence-electron chi connectivity index (χ4n) is 4.91. The van der Waals surface area contributed by atoms with E-state index in [0.717, 1.165) is 12.1 Å². The molecule has 0 aliphatic heterocycles. The van der Waals surface area contributed by atoms with Crippen LogP contribution in [0.5, 0.6) is 0 Å². The summed E-state index contributed by atoms with van der Waals surface area (Å²) in [4.78, 5) is 4.16. The molecule has 6 rings (SSSR count). The number of hydrogen-bond donors (Lipinski definition) is 0. The lowest BCUT2D eigenvalue weighted by Gasteiger charge is -2.31. The molecule has 1 atom stereocenters. The van der Waals surface area contributed by atoms with E-state index in [4.69, 9.17) is 0 Å². The summed E-state index contributed by atoms with van der Waals surface area (Å²) in [5, 5.41) is 0. The summed E-state index contributed by atoms with van der Waals surface area (Å²) in [6.45, 7) is 0. The standard InChI is InChI=1S/C29H22N2/c1-2-7-22(8-3-1)28-27-11-5-4-9-23(27)19-24-10-6-12-26(29(24)28)21-13-15-25(16-14-21)31-18-17-30-20-31/h1-18,20,28H,19H2. The van der Waals surface area contributed by atoms with Gasteiger partial charge in [-0.1, -0.05) is 84.9 Å². The first kappa shape index (κ1) is 17.9. The molecule has 0 saturated carbocycles. The second kappa shape index (κ2) is 7.41. The molecule has 1 heterocycles. The van der Waals surface area contributed by atoms with Gasteiger partial charge in [-0.2, -0.15) is 0 Å². The van der Waals surface area contributed by atoms with E-state index < -0.39 is 0 Å². The van der Waals surface area contributed by atoms with Crippen LogP contribution >= 0.6 is 0 Å². The fraction of sp³-hybridized carbons (Fsp3) is 0.0690. The molecule has 2 nitrogen and oxygen atoms in total. The van der Waals surface area contributed by atoms with Gasteiger partial charge < -0.3 is 4.57 Å². The molecule has 0 saturated heterocycles. The second-order valence-electron chi connectivity index (χ2n) is 8.11. The minimum absolute atomic E-state index is 0.241. The highest BCUT2D eigenvalue weighted by Gasteiger charge is 2.29. The molecule has 2 heteroatoms.